The minimum atomic E-state index is -1.35. The number of rotatable bonds is 10. The van der Waals surface area contributed by atoms with Gasteiger partial charge in [0.05, 0.1) is 17.4 Å². The minimum Gasteiger partial charge on any atom is -0.481 e. The number of fused-ring (bicyclic) bond motifs is 1. The van der Waals surface area contributed by atoms with Gasteiger partial charge in [-0.2, -0.15) is 0 Å². The molecule has 2 aromatic carbocycles. The first kappa shape index (κ1) is 23.9. The number of nitrogens with zero attached hydrogens (tertiary/aromatic N) is 2. The first-order valence-electron chi connectivity index (χ1n) is 10.0. The summed E-state index contributed by atoms with van der Waals surface area (Å²) in [5, 5.41) is 20.5. The molecule has 176 valence electrons. The highest BCUT2D eigenvalue weighted by atomic mass is 16.4. The first-order valence-corrected chi connectivity index (χ1v) is 10.0. The van der Waals surface area contributed by atoms with Gasteiger partial charge in [-0.3, -0.25) is 24.2 Å². The maximum Gasteiger partial charge on any atom is 0.326 e. The Morgan fingerprint density at radius 1 is 1.15 bits per heavy atom. The third kappa shape index (κ3) is 5.73. The summed E-state index contributed by atoms with van der Waals surface area (Å²) in [6, 6.07) is 9.41. The zero-order chi connectivity index (χ0) is 24.8. The molecule has 0 radical (unpaired) electrons. The topological polar surface area (TPSA) is 196 Å². The molecule has 6 N–H and O–H groups in total. The number of carbonyl (C=O) groups is 4. The summed E-state index contributed by atoms with van der Waals surface area (Å²) in [6.45, 7) is 0.130. The van der Waals surface area contributed by atoms with Crippen molar-refractivity contribution in [1.82, 2.24) is 15.3 Å². The molecule has 34 heavy (non-hydrogen) atoms. The average molecular weight is 467 g/mol. The number of H-pyrrole nitrogens is 1. The molecule has 2 amide bonds. The van der Waals surface area contributed by atoms with Crippen LogP contribution in [0, 0.1) is 0 Å². The molecule has 0 aliphatic rings. The Hall–Kier alpha value is -4.74. The fraction of sp³-hybridized carbons (Fsp3) is 0.182. The number of carbonyl (C=O) groups excluding carboxylic acids is 2. The molecular formula is C22H21N5O7. The SMILES string of the molecule is Nc1nc2ccc(CN(C=O)c3ccc(C(=O)N[C@@H](CCC(=O)O)C(=O)O)cc3)cc2c(=O)[nH]1. The number of carboxylic acids is 2. The Morgan fingerprint density at radius 2 is 1.85 bits per heavy atom. The van der Waals surface area contributed by atoms with E-state index in [0.717, 1.165) is 0 Å². The highest BCUT2D eigenvalue weighted by Gasteiger charge is 2.21. The molecule has 0 bridgehead atoms. The van der Waals surface area contributed by atoms with Gasteiger partial charge < -0.3 is 26.2 Å². The molecule has 0 aliphatic carbocycles. The number of aliphatic carboxylic acids is 2. The summed E-state index contributed by atoms with van der Waals surface area (Å²) in [7, 11) is 0. The highest BCUT2D eigenvalue weighted by Crippen LogP contribution is 2.19. The minimum absolute atomic E-state index is 0.000422. The monoisotopic (exact) mass is 467 g/mol. The number of nitrogen functional groups attached to an aromatic ring is 1. The summed E-state index contributed by atoms with van der Waals surface area (Å²) in [5.74, 6) is -3.20. The van der Waals surface area contributed by atoms with Crippen molar-refractivity contribution in [3.63, 3.8) is 0 Å². The van der Waals surface area contributed by atoms with Crippen molar-refractivity contribution >= 4 is 46.8 Å². The lowest BCUT2D eigenvalue weighted by molar-refractivity contribution is -0.140. The van der Waals surface area contributed by atoms with Gasteiger partial charge in [0.2, 0.25) is 12.4 Å². The molecule has 0 saturated carbocycles. The van der Waals surface area contributed by atoms with Gasteiger partial charge >= 0.3 is 11.9 Å². The van der Waals surface area contributed by atoms with Gasteiger partial charge in [-0.05, 0) is 48.4 Å². The predicted octanol–water partition coefficient (Wildman–Crippen LogP) is 0.716. The van der Waals surface area contributed by atoms with E-state index in [0.29, 0.717) is 28.6 Å². The van der Waals surface area contributed by atoms with E-state index < -0.39 is 35.9 Å². The fourth-order valence-corrected chi connectivity index (χ4v) is 3.26. The molecule has 12 nitrogen and oxygen atoms in total. The number of nitrogens with one attached hydrogen (secondary N) is 2. The molecule has 3 rings (SSSR count). The normalized spacial score (nSPS) is 11.5. The predicted molar refractivity (Wildman–Crippen MR) is 121 cm³/mol. The Balaban J connectivity index is 1.73. The third-order valence-electron chi connectivity index (χ3n) is 4.98. The van der Waals surface area contributed by atoms with E-state index in [2.05, 4.69) is 15.3 Å². The van der Waals surface area contributed by atoms with Gasteiger partial charge in [-0.1, -0.05) is 6.07 Å². The lowest BCUT2D eigenvalue weighted by Gasteiger charge is -2.18. The summed E-state index contributed by atoms with van der Waals surface area (Å²) < 4.78 is 0. The van der Waals surface area contributed by atoms with Crippen LogP contribution in [0.5, 0.6) is 0 Å². The van der Waals surface area contributed by atoms with Crippen molar-refractivity contribution in [3.8, 4) is 0 Å². The summed E-state index contributed by atoms with van der Waals surface area (Å²) in [4.78, 5) is 65.9. The number of benzene rings is 2. The van der Waals surface area contributed by atoms with Gasteiger partial charge in [0.1, 0.15) is 6.04 Å². The number of nitrogens with two attached hydrogens (primary N) is 1. The van der Waals surface area contributed by atoms with Gasteiger partial charge in [0.15, 0.2) is 0 Å². The van der Waals surface area contributed by atoms with E-state index in [4.69, 9.17) is 10.8 Å². The second-order valence-electron chi connectivity index (χ2n) is 7.38. The van der Waals surface area contributed by atoms with E-state index in [1.54, 1.807) is 18.2 Å². The van der Waals surface area contributed by atoms with Crippen LogP contribution in [-0.4, -0.2) is 50.5 Å². The molecule has 12 heteroatoms. The molecule has 0 aliphatic heterocycles. The van der Waals surface area contributed by atoms with Crippen LogP contribution in [0.2, 0.25) is 0 Å². The van der Waals surface area contributed by atoms with Crippen molar-refractivity contribution in [2.24, 2.45) is 0 Å². The summed E-state index contributed by atoms with van der Waals surface area (Å²) >= 11 is 0. The summed E-state index contributed by atoms with van der Waals surface area (Å²) in [6.07, 6.45) is -0.0736. The van der Waals surface area contributed by atoms with Crippen LogP contribution in [0.15, 0.2) is 47.3 Å². The van der Waals surface area contributed by atoms with Crippen molar-refractivity contribution in [2.75, 3.05) is 10.6 Å². The fourth-order valence-electron chi connectivity index (χ4n) is 3.26. The lowest BCUT2D eigenvalue weighted by atomic mass is 10.1. The Labute approximate surface area is 192 Å². The second-order valence-corrected chi connectivity index (χ2v) is 7.38. The Kier molecular flexibility index (Phi) is 7.21. The van der Waals surface area contributed by atoms with Crippen LogP contribution in [0.1, 0.15) is 28.8 Å². The van der Waals surface area contributed by atoms with Gasteiger partial charge in [0, 0.05) is 17.7 Å². The van der Waals surface area contributed by atoms with Crippen molar-refractivity contribution in [3.05, 3.63) is 63.9 Å². The first-order chi connectivity index (χ1) is 16.2. The highest BCUT2D eigenvalue weighted by molar-refractivity contribution is 5.97. The largest absolute Gasteiger partial charge is 0.481 e. The number of hydrogen-bond acceptors (Lipinski definition) is 7. The number of hydrogen-bond donors (Lipinski definition) is 5. The molecule has 3 aromatic rings. The molecular weight excluding hydrogens is 446 g/mol. The van der Waals surface area contributed by atoms with E-state index >= 15 is 0 Å². The zero-order valence-electron chi connectivity index (χ0n) is 17.7. The van der Waals surface area contributed by atoms with Gasteiger partial charge in [0.25, 0.3) is 11.5 Å². The molecule has 0 unspecified atom stereocenters. The van der Waals surface area contributed by atoms with E-state index in [1.165, 1.54) is 29.2 Å². The van der Waals surface area contributed by atoms with Gasteiger partial charge in [-0.25, -0.2) is 9.78 Å². The van der Waals surface area contributed by atoms with Crippen LogP contribution in [-0.2, 0) is 20.9 Å². The Bertz CT molecular complexity index is 1300. The summed E-state index contributed by atoms with van der Waals surface area (Å²) in [5.41, 5.74) is 6.80. The quantitative estimate of drug-likeness (QED) is 0.267. The molecule has 0 saturated heterocycles. The van der Waals surface area contributed by atoms with Crippen molar-refractivity contribution in [2.45, 2.75) is 25.4 Å². The third-order valence-corrected chi connectivity index (χ3v) is 4.98. The molecule has 1 atom stereocenters. The zero-order valence-corrected chi connectivity index (χ0v) is 17.7. The molecule has 1 heterocycles. The number of amides is 2. The number of carboxylic acid groups (broad SMARTS) is 2. The van der Waals surface area contributed by atoms with Crippen molar-refractivity contribution in [1.29, 1.82) is 0 Å². The average Bonchev–Trinajstić information content (AvgIpc) is 2.80. The van der Waals surface area contributed by atoms with Crippen molar-refractivity contribution < 1.29 is 29.4 Å². The number of aromatic amines is 1. The standard InChI is InChI=1S/C22H21N5O7/c23-22-25-16-6-1-12(9-15(16)20(32)26-22)10-27(11-28)14-4-2-13(3-5-14)19(31)24-17(21(33)34)7-8-18(29)30/h1-6,9,11,17H,7-8,10H2,(H,24,31)(H,29,30)(H,33,34)(H3,23,25,26,32)/t17-/m0/s1. The van der Waals surface area contributed by atoms with Gasteiger partial charge in [-0.15, -0.1) is 0 Å². The maximum absolute atomic E-state index is 12.4. The van der Waals surface area contributed by atoms with Crippen LogP contribution in [0.3, 0.4) is 0 Å². The van der Waals surface area contributed by atoms with Crippen LogP contribution in [0.4, 0.5) is 11.6 Å². The smallest absolute Gasteiger partial charge is 0.326 e. The maximum atomic E-state index is 12.4. The second kappa shape index (κ2) is 10.3. The van der Waals surface area contributed by atoms with Crippen LogP contribution < -0.4 is 21.5 Å². The lowest BCUT2D eigenvalue weighted by Crippen LogP contribution is -2.41. The van der Waals surface area contributed by atoms with Crippen LogP contribution >= 0.6 is 0 Å². The van der Waals surface area contributed by atoms with E-state index in [1.807, 2.05) is 0 Å². The van der Waals surface area contributed by atoms with E-state index in [9.17, 15) is 29.1 Å². The molecule has 0 fully saturated rings. The van der Waals surface area contributed by atoms with Crippen LogP contribution in [0.25, 0.3) is 10.9 Å². The number of aromatic nitrogens is 2. The molecule has 0 spiro atoms. The molecule has 1 aromatic heterocycles. The van der Waals surface area contributed by atoms with E-state index in [-0.39, 0.29) is 24.5 Å². The number of anilines is 2. The Morgan fingerprint density at radius 3 is 2.47 bits per heavy atom.